The standard InChI is InChI=1S/C19H20N4O2/c20-11-16-19(23-8-6-13(7-9-23)17(21)24)25-18(22-16)15-10-14(15)12-4-2-1-3-5-12/h1-5,13-15H,6-10H2,(H2,21,24)/t14-,15+/m1/s1. The van der Waals surface area contributed by atoms with Crippen LogP contribution < -0.4 is 10.6 Å². The zero-order valence-corrected chi connectivity index (χ0v) is 13.9. The number of nitrogens with two attached hydrogens (primary N) is 1. The Morgan fingerprint density at radius 1 is 1.24 bits per heavy atom. The lowest BCUT2D eigenvalue weighted by Gasteiger charge is -2.30. The van der Waals surface area contributed by atoms with Crippen LogP contribution in [-0.2, 0) is 4.79 Å². The summed E-state index contributed by atoms with van der Waals surface area (Å²) in [5.41, 5.74) is 7.01. The second-order valence-corrected chi connectivity index (χ2v) is 6.84. The summed E-state index contributed by atoms with van der Waals surface area (Å²) in [4.78, 5) is 17.8. The molecule has 2 aliphatic rings. The Kier molecular flexibility index (Phi) is 3.92. The minimum Gasteiger partial charge on any atom is -0.423 e. The smallest absolute Gasteiger partial charge is 0.234 e. The number of benzene rings is 1. The van der Waals surface area contributed by atoms with Gasteiger partial charge in [0.05, 0.1) is 0 Å². The van der Waals surface area contributed by atoms with E-state index in [0.717, 1.165) is 6.42 Å². The number of primary amides is 1. The number of rotatable bonds is 4. The van der Waals surface area contributed by atoms with Crippen LogP contribution in [0.5, 0.6) is 0 Å². The molecule has 2 atom stereocenters. The molecule has 1 aliphatic carbocycles. The van der Waals surface area contributed by atoms with Gasteiger partial charge in [0.25, 0.3) is 0 Å². The van der Waals surface area contributed by atoms with E-state index in [1.807, 2.05) is 23.1 Å². The average Bonchev–Trinajstić information content (AvgIpc) is 3.34. The van der Waals surface area contributed by atoms with E-state index >= 15 is 0 Å². The third kappa shape index (κ3) is 2.98. The van der Waals surface area contributed by atoms with Gasteiger partial charge in [-0.05, 0) is 30.7 Å². The lowest BCUT2D eigenvalue weighted by atomic mass is 9.96. The molecule has 2 heterocycles. The first-order chi connectivity index (χ1) is 12.2. The van der Waals surface area contributed by atoms with Crippen molar-refractivity contribution in [3.63, 3.8) is 0 Å². The van der Waals surface area contributed by atoms with Gasteiger partial charge >= 0.3 is 0 Å². The Morgan fingerprint density at radius 3 is 2.60 bits per heavy atom. The largest absolute Gasteiger partial charge is 0.423 e. The number of carbonyl (C=O) groups is 1. The van der Waals surface area contributed by atoms with Crippen LogP contribution in [0.25, 0.3) is 0 Å². The third-order valence-corrected chi connectivity index (χ3v) is 5.25. The van der Waals surface area contributed by atoms with Crippen molar-refractivity contribution in [3.8, 4) is 6.07 Å². The maximum atomic E-state index is 11.3. The van der Waals surface area contributed by atoms with Crippen molar-refractivity contribution in [2.75, 3.05) is 18.0 Å². The van der Waals surface area contributed by atoms with E-state index in [1.54, 1.807) is 0 Å². The Labute approximate surface area is 146 Å². The van der Waals surface area contributed by atoms with E-state index in [-0.39, 0.29) is 17.7 Å². The first-order valence-electron chi connectivity index (χ1n) is 8.67. The summed E-state index contributed by atoms with van der Waals surface area (Å²) in [6.45, 7) is 1.31. The molecule has 6 heteroatoms. The molecule has 0 unspecified atom stereocenters. The molecule has 25 heavy (non-hydrogen) atoms. The minimum atomic E-state index is -0.248. The summed E-state index contributed by atoms with van der Waals surface area (Å²) in [5, 5.41) is 9.41. The molecular formula is C19H20N4O2. The van der Waals surface area contributed by atoms with E-state index in [4.69, 9.17) is 10.2 Å². The maximum Gasteiger partial charge on any atom is 0.234 e. The zero-order valence-electron chi connectivity index (χ0n) is 13.9. The fourth-order valence-corrected chi connectivity index (χ4v) is 3.68. The van der Waals surface area contributed by atoms with Gasteiger partial charge < -0.3 is 15.1 Å². The van der Waals surface area contributed by atoms with Crippen molar-refractivity contribution in [1.82, 2.24) is 4.98 Å². The number of piperidine rings is 1. The van der Waals surface area contributed by atoms with Crippen molar-refractivity contribution in [1.29, 1.82) is 5.26 Å². The molecule has 1 saturated heterocycles. The molecule has 2 N–H and O–H groups in total. The van der Waals surface area contributed by atoms with Gasteiger partial charge in [0, 0.05) is 24.9 Å². The first kappa shape index (κ1) is 15.7. The second kappa shape index (κ2) is 6.25. The lowest BCUT2D eigenvalue weighted by Crippen LogP contribution is -2.38. The summed E-state index contributed by atoms with van der Waals surface area (Å²) < 4.78 is 5.99. The van der Waals surface area contributed by atoms with Crippen LogP contribution in [0.15, 0.2) is 34.7 Å². The van der Waals surface area contributed by atoms with Crippen LogP contribution in [0.3, 0.4) is 0 Å². The maximum absolute atomic E-state index is 11.3. The van der Waals surface area contributed by atoms with Crippen LogP contribution in [-0.4, -0.2) is 24.0 Å². The highest BCUT2D eigenvalue weighted by molar-refractivity contribution is 5.77. The van der Waals surface area contributed by atoms with E-state index in [0.29, 0.717) is 49.3 Å². The molecule has 1 amide bonds. The SMILES string of the molecule is N#Cc1nc([C@H]2C[C@@H]2c2ccccc2)oc1N1CCC(C(N)=O)CC1. The number of carbonyl (C=O) groups excluding carboxylic acids is 1. The summed E-state index contributed by atoms with van der Waals surface area (Å²) >= 11 is 0. The predicted molar refractivity (Wildman–Crippen MR) is 91.9 cm³/mol. The molecule has 1 aliphatic heterocycles. The molecule has 0 radical (unpaired) electrons. The Balaban J connectivity index is 1.50. The van der Waals surface area contributed by atoms with Crippen molar-refractivity contribution < 1.29 is 9.21 Å². The Bertz CT molecular complexity index is 816. The van der Waals surface area contributed by atoms with Crippen LogP contribution in [0.1, 0.15) is 48.2 Å². The number of anilines is 1. The van der Waals surface area contributed by atoms with Gasteiger partial charge in [-0.15, -0.1) is 0 Å². The van der Waals surface area contributed by atoms with Crippen LogP contribution in [0.4, 0.5) is 5.88 Å². The summed E-state index contributed by atoms with van der Waals surface area (Å²) in [5.74, 6) is 1.51. The first-order valence-corrected chi connectivity index (χ1v) is 8.67. The molecule has 6 nitrogen and oxygen atoms in total. The van der Waals surface area contributed by atoms with E-state index in [2.05, 4.69) is 23.2 Å². The highest BCUT2D eigenvalue weighted by atomic mass is 16.4. The Morgan fingerprint density at radius 2 is 1.96 bits per heavy atom. The fourth-order valence-electron chi connectivity index (χ4n) is 3.68. The van der Waals surface area contributed by atoms with Gasteiger partial charge in [-0.1, -0.05) is 30.3 Å². The molecule has 4 rings (SSSR count). The molecule has 0 spiro atoms. The number of amides is 1. The van der Waals surface area contributed by atoms with Crippen molar-refractivity contribution in [2.24, 2.45) is 11.7 Å². The normalized spacial score (nSPS) is 23.2. The molecule has 2 fully saturated rings. The quantitative estimate of drug-likeness (QED) is 0.925. The summed E-state index contributed by atoms with van der Waals surface area (Å²) in [6.07, 6.45) is 2.37. The van der Waals surface area contributed by atoms with Gasteiger partial charge in [0.2, 0.25) is 23.4 Å². The number of nitrogens with zero attached hydrogens (tertiary/aromatic N) is 3. The van der Waals surface area contributed by atoms with E-state index < -0.39 is 0 Å². The van der Waals surface area contributed by atoms with Gasteiger partial charge in [0.15, 0.2) is 0 Å². The third-order valence-electron chi connectivity index (χ3n) is 5.25. The lowest BCUT2D eigenvalue weighted by molar-refractivity contribution is -0.122. The number of aromatic nitrogens is 1. The van der Waals surface area contributed by atoms with Gasteiger partial charge in [-0.2, -0.15) is 5.26 Å². The molecular weight excluding hydrogens is 316 g/mol. The molecule has 2 aromatic rings. The zero-order chi connectivity index (χ0) is 17.4. The molecule has 0 bridgehead atoms. The van der Waals surface area contributed by atoms with Crippen molar-refractivity contribution in [2.45, 2.75) is 31.1 Å². The van der Waals surface area contributed by atoms with E-state index in [9.17, 15) is 10.1 Å². The second-order valence-electron chi connectivity index (χ2n) is 6.84. The average molecular weight is 336 g/mol. The number of oxazole rings is 1. The summed E-state index contributed by atoms with van der Waals surface area (Å²) in [7, 11) is 0. The molecule has 1 aromatic carbocycles. The van der Waals surface area contributed by atoms with Gasteiger partial charge in [0.1, 0.15) is 6.07 Å². The monoisotopic (exact) mass is 336 g/mol. The van der Waals surface area contributed by atoms with Gasteiger partial charge in [-0.25, -0.2) is 4.98 Å². The summed E-state index contributed by atoms with van der Waals surface area (Å²) in [6, 6.07) is 12.5. The number of hydrogen-bond donors (Lipinski definition) is 1. The molecule has 128 valence electrons. The van der Waals surface area contributed by atoms with Gasteiger partial charge in [-0.3, -0.25) is 4.79 Å². The molecule has 1 aromatic heterocycles. The number of nitriles is 1. The fraction of sp³-hybridized carbons (Fsp3) is 0.421. The van der Waals surface area contributed by atoms with Crippen LogP contribution >= 0.6 is 0 Å². The predicted octanol–water partition coefficient (Wildman–Crippen LogP) is 2.52. The highest BCUT2D eigenvalue weighted by Gasteiger charge is 2.44. The molecule has 1 saturated carbocycles. The minimum absolute atomic E-state index is 0.0879. The topological polar surface area (TPSA) is 96.2 Å². The van der Waals surface area contributed by atoms with E-state index in [1.165, 1.54) is 5.56 Å². The van der Waals surface area contributed by atoms with Crippen LogP contribution in [0.2, 0.25) is 0 Å². The Hall–Kier alpha value is -2.81. The van der Waals surface area contributed by atoms with Crippen molar-refractivity contribution >= 4 is 11.8 Å². The van der Waals surface area contributed by atoms with Crippen LogP contribution in [0, 0.1) is 17.2 Å². The highest BCUT2D eigenvalue weighted by Crippen LogP contribution is 2.54. The number of hydrogen-bond acceptors (Lipinski definition) is 5. The van der Waals surface area contributed by atoms with Crippen molar-refractivity contribution in [3.05, 3.63) is 47.5 Å².